The van der Waals surface area contributed by atoms with Gasteiger partial charge >= 0.3 is 6.18 Å². The van der Waals surface area contributed by atoms with E-state index >= 15 is 0 Å². The van der Waals surface area contributed by atoms with Gasteiger partial charge in [0.05, 0.1) is 11.7 Å². The number of aliphatic hydroxyl groups is 1. The number of aliphatic hydroxyl groups excluding tert-OH is 1. The number of hydrogen-bond acceptors (Lipinski definition) is 6. The Morgan fingerprint density at radius 2 is 1.81 bits per heavy atom. The van der Waals surface area contributed by atoms with Gasteiger partial charge in [0.25, 0.3) is 15.6 Å². The average molecular weight is 622 g/mol. The second kappa shape index (κ2) is 11.2. The van der Waals surface area contributed by atoms with E-state index in [1.54, 1.807) is 13.8 Å². The average Bonchev–Trinajstić information content (AvgIpc) is 3.56. The molecule has 228 valence electrons. The molecular weight excluding hydrogens is 594 g/mol. The molecule has 43 heavy (non-hydrogen) atoms. The van der Waals surface area contributed by atoms with E-state index in [1.165, 1.54) is 35.0 Å². The second-order valence-corrected chi connectivity index (χ2v) is 12.3. The molecule has 4 aromatic rings. The van der Waals surface area contributed by atoms with E-state index in [4.69, 9.17) is 4.42 Å². The number of halogens is 4. The highest BCUT2D eigenvalue weighted by Crippen LogP contribution is 2.32. The Balaban J connectivity index is 1.40. The lowest BCUT2D eigenvalue weighted by molar-refractivity contribution is -0.137. The highest BCUT2D eigenvalue weighted by Gasteiger charge is 2.46. The molecule has 0 spiro atoms. The number of rotatable bonds is 7. The zero-order chi connectivity index (χ0) is 31.3. The number of fused-ring (bicyclic) bond motifs is 1. The van der Waals surface area contributed by atoms with Gasteiger partial charge in [0.15, 0.2) is 0 Å². The molecule has 1 fully saturated rings. The monoisotopic (exact) mass is 621 g/mol. The molecule has 3 heterocycles. The zero-order valence-electron chi connectivity index (χ0n) is 22.9. The molecule has 0 unspecified atom stereocenters. The molecule has 0 bridgehead atoms. The molecule has 1 aliphatic heterocycles. The first-order chi connectivity index (χ1) is 20.2. The van der Waals surface area contributed by atoms with Crippen LogP contribution in [-0.4, -0.2) is 47.0 Å². The van der Waals surface area contributed by atoms with Gasteiger partial charge in [0.2, 0.25) is 11.0 Å². The largest absolute Gasteiger partial charge is 0.443 e. The summed E-state index contributed by atoms with van der Waals surface area (Å²) in [6.45, 7) is 3.12. The summed E-state index contributed by atoms with van der Waals surface area (Å²) in [5, 5.41) is 12.9. The van der Waals surface area contributed by atoms with E-state index in [0.717, 1.165) is 34.6 Å². The molecule has 0 saturated carbocycles. The van der Waals surface area contributed by atoms with Gasteiger partial charge in [-0.2, -0.15) is 17.5 Å². The smallest absolute Gasteiger partial charge is 0.416 e. The Morgan fingerprint density at radius 1 is 1.12 bits per heavy atom. The van der Waals surface area contributed by atoms with Crippen LogP contribution in [-0.2, 0) is 27.5 Å². The Hall–Kier alpha value is -4.01. The number of sulfonamides is 1. The van der Waals surface area contributed by atoms with Gasteiger partial charge in [-0.15, -0.1) is 0 Å². The first kappa shape index (κ1) is 30.4. The van der Waals surface area contributed by atoms with Crippen LogP contribution in [0.4, 0.5) is 17.6 Å². The van der Waals surface area contributed by atoms with Crippen molar-refractivity contribution < 1.29 is 40.3 Å². The Kier molecular flexibility index (Phi) is 7.96. The predicted molar refractivity (Wildman–Crippen MR) is 148 cm³/mol. The van der Waals surface area contributed by atoms with Crippen LogP contribution in [0.3, 0.4) is 0 Å². The third kappa shape index (κ3) is 5.94. The number of pyridine rings is 1. The number of benzene rings is 2. The Bertz CT molecular complexity index is 1850. The molecule has 1 amide bonds. The standard InChI is InChI=1S/C29H27F4N3O6S/c1-16(2)35-15-17(11-22(28(35)39)18-3-5-20(6-4-18)29(31,32)33)14-34-27(38)26-23(37)9-10-36(26)43(40,41)25-13-19-12-21(30)7-8-24(19)42-25/h3-8,11-13,15-16,23,26,37H,9-10,14H2,1-2H3,(H,34,38)/t23-,26-/m0/s1. The quantitative estimate of drug-likeness (QED) is 0.295. The van der Waals surface area contributed by atoms with E-state index in [1.807, 2.05) is 0 Å². The minimum absolute atomic E-state index is 0.0253. The van der Waals surface area contributed by atoms with Crippen LogP contribution in [0.15, 0.2) is 75.1 Å². The molecule has 2 N–H and O–H groups in total. The molecule has 1 aliphatic rings. The van der Waals surface area contributed by atoms with Gasteiger partial charge in [-0.1, -0.05) is 12.1 Å². The molecule has 1 saturated heterocycles. The molecule has 5 rings (SSSR count). The third-order valence-electron chi connectivity index (χ3n) is 7.25. The van der Waals surface area contributed by atoms with E-state index < -0.39 is 56.3 Å². The number of carbonyl (C=O) groups is 1. The molecule has 9 nitrogen and oxygen atoms in total. The van der Waals surface area contributed by atoms with Crippen LogP contribution in [0, 0.1) is 5.82 Å². The minimum Gasteiger partial charge on any atom is -0.443 e. The Labute approximate surface area is 243 Å². The first-order valence-corrected chi connectivity index (χ1v) is 14.7. The Morgan fingerprint density at radius 3 is 2.47 bits per heavy atom. The van der Waals surface area contributed by atoms with Crippen molar-refractivity contribution in [2.45, 2.75) is 56.3 Å². The summed E-state index contributed by atoms with van der Waals surface area (Å²) >= 11 is 0. The van der Waals surface area contributed by atoms with Crippen molar-refractivity contribution in [1.29, 1.82) is 0 Å². The van der Waals surface area contributed by atoms with Gasteiger partial charge < -0.3 is 19.4 Å². The summed E-state index contributed by atoms with van der Waals surface area (Å²) in [6, 6.07) is 8.39. The normalized spacial score (nSPS) is 18.0. The summed E-state index contributed by atoms with van der Waals surface area (Å²) in [4.78, 5) is 26.4. The number of alkyl halides is 3. The topological polar surface area (TPSA) is 122 Å². The van der Waals surface area contributed by atoms with Crippen molar-refractivity contribution in [3.05, 3.63) is 88.1 Å². The number of hydrogen-bond donors (Lipinski definition) is 2. The van der Waals surface area contributed by atoms with Crippen LogP contribution < -0.4 is 10.9 Å². The van der Waals surface area contributed by atoms with E-state index in [0.29, 0.717) is 5.56 Å². The lowest BCUT2D eigenvalue weighted by Crippen LogP contribution is -2.49. The minimum atomic E-state index is -4.54. The predicted octanol–water partition coefficient (Wildman–Crippen LogP) is 4.44. The van der Waals surface area contributed by atoms with Crippen molar-refractivity contribution in [2.24, 2.45) is 0 Å². The molecule has 14 heteroatoms. The second-order valence-electron chi connectivity index (χ2n) is 10.5. The number of nitrogens with one attached hydrogen (secondary N) is 1. The van der Waals surface area contributed by atoms with E-state index in [-0.39, 0.29) is 47.6 Å². The molecular formula is C29H27F4N3O6S. The van der Waals surface area contributed by atoms with Crippen molar-refractivity contribution in [2.75, 3.05) is 6.54 Å². The van der Waals surface area contributed by atoms with Gasteiger partial charge in [0, 0.05) is 42.3 Å². The van der Waals surface area contributed by atoms with E-state index in [9.17, 15) is 40.7 Å². The molecule has 2 aromatic carbocycles. The summed E-state index contributed by atoms with van der Waals surface area (Å²) in [7, 11) is -4.41. The van der Waals surface area contributed by atoms with Gasteiger partial charge in [-0.3, -0.25) is 9.59 Å². The SMILES string of the molecule is CC(C)n1cc(CNC(=O)[C@@H]2[C@@H](O)CCN2S(=O)(=O)c2cc3cc(F)ccc3o2)cc(-c2ccc(C(F)(F)F)cc2)c1=O. The van der Waals surface area contributed by atoms with Crippen LogP contribution >= 0.6 is 0 Å². The maximum atomic E-state index is 13.6. The van der Waals surface area contributed by atoms with Gasteiger partial charge in [0.1, 0.15) is 17.4 Å². The van der Waals surface area contributed by atoms with Crippen LogP contribution in [0.25, 0.3) is 22.1 Å². The van der Waals surface area contributed by atoms with Gasteiger partial charge in [-0.05, 0) is 67.8 Å². The fourth-order valence-electron chi connectivity index (χ4n) is 5.04. The van der Waals surface area contributed by atoms with Crippen LogP contribution in [0.1, 0.15) is 37.4 Å². The van der Waals surface area contributed by atoms with Crippen molar-refractivity contribution in [3.8, 4) is 11.1 Å². The number of furan rings is 1. The lowest BCUT2D eigenvalue weighted by Gasteiger charge is -2.24. The molecule has 0 radical (unpaired) electrons. The fraction of sp³-hybridized carbons (Fsp3) is 0.310. The van der Waals surface area contributed by atoms with Crippen molar-refractivity contribution >= 4 is 26.9 Å². The highest BCUT2D eigenvalue weighted by molar-refractivity contribution is 7.89. The summed E-state index contributed by atoms with van der Waals surface area (Å²) in [5.74, 6) is -1.40. The highest BCUT2D eigenvalue weighted by atomic mass is 32.2. The maximum absolute atomic E-state index is 13.6. The zero-order valence-corrected chi connectivity index (χ0v) is 23.7. The van der Waals surface area contributed by atoms with Crippen molar-refractivity contribution in [1.82, 2.24) is 14.2 Å². The fourth-order valence-corrected chi connectivity index (χ4v) is 6.62. The third-order valence-corrected chi connectivity index (χ3v) is 8.99. The maximum Gasteiger partial charge on any atom is 0.416 e. The van der Waals surface area contributed by atoms with Crippen LogP contribution in [0.2, 0.25) is 0 Å². The molecule has 0 aliphatic carbocycles. The molecule has 2 atom stereocenters. The summed E-state index contributed by atoms with van der Waals surface area (Å²) in [6.07, 6.45) is -4.41. The summed E-state index contributed by atoms with van der Waals surface area (Å²) < 4.78 is 87.2. The summed E-state index contributed by atoms with van der Waals surface area (Å²) in [5.41, 5.74) is -0.412. The van der Waals surface area contributed by atoms with E-state index in [2.05, 4.69) is 5.32 Å². The lowest BCUT2D eigenvalue weighted by atomic mass is 10.0. The number of amides is 1. The van der Waals surface area contributed by atoms with Gasteiger partial charge in [-0.25, -0.2) is 12.8 Å². The molecule has 2 aromatic heterocycles. The number of aromatic nitrogens is 1. The first-order valence-electron chi connectivity index (χ1n) is 13.3. The van der Waals surface area contributed by atoms with Crippen molar-refractivity contribution in [3.63, 3.8) is 0 Å². The number of nitrogens with zero attached hydrogens (tertiary/aromatic N) is 2. The van der Waals surface area contributed by atoms with Crippen LogP contribution in [0.5, 0.6) is 0 Å². The number of carbonyl (C=O) groups excluding carboxylic acids is 1.